The van der Waals surface area contributed by atoms with Gasteiger partial charge in [0.05, 0.1) is 11.6 Å². The van der Waals surface area contributed by atoms with Crippen molar-refractivity contribution in [2.75, 3.05) is 0 Å². The van der Waals surface area contributed by atoms with Crippen LogP contribution in [-0.4, -0.2) is 0 Å². The SMILES string of the molecule is N#Cc1cccc(COc2cc[c]c(F)c2)c1. The number of hydrogen-bond donors (Lipinski definition) is 0. The number of nitrogens with zero attached hydrogens (tertiary/aromatic N) is 1. The molecule has 83 valence electrons. The molecule has 0 N–H and O–H groups in total. The van der Waals surface area contributed by atoms with E-state index in [1.807, 2.05) is 6.07 Å². The highest BCUT2D eigenvalue weighted by Crippen LogP contribution is 2.14. The Bertz CT molecular complexity index is 560. The Morgan fingerprint density at radius 2 is 2.18 bits per heavy atom. The molecule has 0 aliphatic heterocycles. The van der Waals surface area contributed by atoms with Gasteiger partial charge < -0.3 is 4.74 Å². The molecule has 17 heavy (non-hydrogen) atoms. The summed E-state index contributed by atoms with van der Waals surface area (Å²) in [6.07, 6.45) is 0. The third kappa shape index (κ3) is 3.05. The van der Waals surface area contributed by atoms with Crippen LogP contribution in [0.2, 0.25) is 0 Å². The van der Waals surface area contributed by atoms with Crippen molar-refractivity contribution in [2.45, 2.75) is 6.61 Å². The standard InChI is InChI=1S/C14H9FNO/c15-13-5-2-6-14(8-13)17-10-12-4-1-3-11(7-12)9-16/h1-4,6-8H,10H2. The van der Waals surface area contributed by atoms with Gasteiger partial charge in [0.2, 0.25) is 0 Å². The summed E-state index contributed by atoms with van der Waals surface area (Å²) in [5.74, 6) is -0.00288. The maximum atomic E-state index is 12.8. The number of nitriles is 1. The third-order valence-electron chi connectivity index (χ3n) is 2.20. The van der Waals surface area contributed by atoms with Gasteiger partial charge in [-0.3, -0.25) is 0 Å². The lowest BCUT2D eigenvalue weighted by Gasteiger charge is -2.06. The van der Waals surface area contributed by atoms with Crippen molar-refractivity contribution in [3.63, 3.8) is 0 Å². The molecule has 0 fully saturated rings. The van der Waals surface area contributed by atoms with Crippen LogP contribution in [0, 0.1) is 23.2 Å². The molecule has 0 atom stereocenters. The molecule has 3 heteroatoms. The fourth-order valence-corrected chi connectivity index (χ4v) is 1.41. The predicted molar refractivity (Wildman–Crippen MR) is 60.7 cm³/mol. The van der Waals surface area contributed by atoms with Crippen LogP contribution in [0.5, 0.6) is 5.75 Å². The molecular weight excluding hydrogens is 217 g/mol. The quantitative estimate of drug-likeness (QED) is 0.805. The van der Waals surface area contributed by atoms with Crippen LogP contribution in [0.1, 0.15) is 11.1 Å². The Hall–Kier alpha value is -2.34. The van der Waals surface area contributed by atoms with Crippen LogP contribution >= 0.6 is 0 Å². The summed E-state index contributed by atoms with van der Waals surface area (Å²) in [4.78, 5) is 0. The zero-order chi connectivity index (χ0) is 12.1. The summed E-state index contributed by atoms with van der Waals surface area (Å²) >= 11 is 0. The van der Waals surface area contributed by atoms with Crippen molar-refractivity contribution in [1.82, 2.24) is 0 Å². The van der Waals surface area contributed by atoms with Gasteiger partial charge in [0.1, 0.15) is 18.2 Å². The smallest absolute Gasteiger partial charge is 0.134 e. The van der Waals surface area contributed by atoms with Gasteiger partial charge in [-0.05, 0) is 29.8 Å². The second kappa shape index (κ2) is 5.13. The molecule has 0 amide bonds. The second-order valence-corrected chi connectivity index (χ2v) is 3.47. The van der Waals surface area contributed by atoms with Crippen molar-refractivity contribution < 1.29 is 9.13 Å². The van der Waals surface area contributed by atoms with Gasteiger partial charge in [0, 0.05) is 12.1 Å². The molecule has 0 saturated heterocycles. The first-order chi connectivity index (χ1) is 8.28. The molecule has 1 radical (unpaired) electrons. The van der Waals surface area contributed by atoms with Gasteiger partial charge in [0.15, 0.2) is 0 Å². The van der Waals surface area contributed by atoms with Crippen LogP contribution in [0.15, 0.2) is 42.5 Å². The van der Waals surface area contributed by atoms with E-state index in [2.05, 4.69) is 12.1 Å². The van der Waals surface area contributed by atoms with E-state index < -0.39 is 5.82 Å². The molecule has 2 aromatic rings. The zero-order valence-electron chi connectivity index (χ0n) is 8.98. The maximum absolute atomic E-state index is 12.8. The van der Waals surface area contributed by atoms with Gasteiger partial charge >= 0.3 is 0 Å². The molecule has 0 spiro atoms. The average molecular weight is 226 g/mol. The molecule has 0 aromatic heterocycles. The number of benzene rings is 2. The lowest BCUT2D eigenvalue weighted by Crippen LogP contribution is -1.96. The van der Waals surface area contributed by atoms with Gasteiger partial charge in [-0.25, -0.2) is 4.39 Å². The first-order valence-electron chi connectivity index (χ1n) is 5.07. The molecule has 0 unspecified atom stereocenters. The Labute approximate surface area is 98.9 Å². The van der Waals surface area contributed by atoms with E-state index in [-0.39, 0.29) is 0 Å². The fraction of sp³-hybridized carbons (Fsp3) is 0.0714. The molecule has 0 saturated carbocycles. The van der Waals surface area contributed by atoms with Gasteiger partial charge in [-0.1, -0.05) is 12.1 Å². The minimum Gasteiger partial charge on any atom is -0.489 e. The number of rotatable bonds is 3. The van der Waals surface area contributed by atoms with Crippen LogP contribution in [0.25, 0.3) is 0 Å². The van der Waals surface area contributed by atoms with Crippen molar-refractivity contribution >= 4 is 0 Å². The van der Waals surface area contributed by atoms with E-state index in [4.69, 9.17) is 10.00 Å². The van der Waals surface area contributed by atoms with E-state index in [9.17, 15) is 4.39 Å². The molecule has 0 bridgehead atoms. The lowest BCUT2D eigenvalue weighted by atomic mass is 10.1. The predicted octanol–water partition coefficient (Wildman–Crippen LogP) is 3.08. The summed E-state index contributed by atoms with van der Waals surface area (Å²) < 4.78 is 18.2. The van der Waals surface area contributed by atoms with Crippen LogP contribution in [0.4, 0.5) is 4.39 Å². The first kappa shape index (κ1) is 11.2. The van der Waals surface area contributed by atoms with E-state index in [1.54, 1.807) is 24.3 Å². The highest BCUT2D eigenvalue weighted by molar-refractivity contribution is 5.32. The van der Waals surface area contributed by atoms with E-state index in [0.717, 1.165) is 5.56 Å². The molecule has 2 aromatic carbocycles. The summed E-state index contributed by atoms with van der Waals surface area (Å²) in [7, 11) is 0. The van der Waals surface area contributed by atoms with E-state index in [1.165, 1.54) is 12.1 Å². The molecule has 0 aliphatic rings. The van der Waals surface area contributed by atoms with Crippen molar-refractivity contribution in [3.8, 4) is 11.8 Å². The summed E-state index contributed by atoms with van der Waals surface area (Å²) in [5.41, 5.74) is 1.45. The summed E-state index contributed by atoms with van der Waals surface area (Å²) in [6, 6.07) is 15.9. The highest BCUT2D eigenvalue weighted by Gasteiger charge is 1.99. The topological polar surface area (TPSA) is 33.0 Å². The summed E-state index contributed by atoms with van der Waals surface area (Å²) in [5, 5.41) is 8.74. The minimum atomic E-state index is -0.451. The molecular formula is C14H9FNO. The highest BCUT2D eigenvalue weighted by atomic mass is 19.1. The Morgan fingerprint density at radius 3 is 2.94 bits per heavy atom. The van der Waals surface area contributed by atoms with Crippen molar-refractivity contribution in [3.05, 3.63) is 65.5 Å². The number of halogens is 1. The van der Waals surface area contributed by atoms with Gasteiger partial charge in [-0.15, -0.1) is 0 Å². The maximum Gasteiger partial charge on any atom is 0.134 e. The largest absolute Gasteiger partial charge is 0.489 e. The van der Waals surface area contributed by atoms with E-state index >= 15 is 0 Å². The zero-order valence-corrected chi connectivity index (χ0v) is 8.98. The second-order valence-electron chi connectivity index (χ2n) is 3.47. The van der Waals surface area contributed by atoms with Crippen LogP contribution in [-0.2, 0) is 6.61 Å². The molecule has 2 nitrogen and oxygen atoms in total. The molecule has 2 rings (SSSR count). The molecule has 0 aliphatic carbocycles. The van der Waals surface area contributed by atoms with Crippen molar-refractivity contribution in [2.24, 2.45) is 0 Å². The lowest BCUT2D eigenvalue weighted by molar-refractivity contribution is 0.304. The fourth-order valence-electron chi connectivity index (χ4n) is 1.41. The Kier molecular flexibility index (Phi) is 3.37. The van der Waals surface area contributed by atoms with E-state index in [0.29, 0.717) is 17.9 Å². The Morgan fingerprint density at radius 1 is 1.29 bits per heavy atom. The van der Waals surface area contributed by atoms with Crippen molar-refractivity contribution in [1.29, 1.82) is 5.26 Å². The number of ether oxygens (including phenoxy) is 1. The number of hydrogen-bond acceptors (Lipinski definition) is 2. The van der Waals surface area contributed by atoms with Crippen LogP contribution < -0.4 is 4.74 Å². The summed E-state index contributed by atoms with van der Waals surface area (Å²) in [6.45, 7) is 0.305. The molecule has 0 heterocycles. The minimum absolute atomic E-state index is 0.305. The monoisotopic (exact) mass is 226 g/mol. The normalized spacial score (nSPS) is 9.65. The van der Waals surface area contributed by atoms with Crippen LogP contribution in [0.3, 0.4) is 0 Å². The first-order valence-corrected chi connectivity index (χ1v) is 5.07. The van der Waals surface area contributed by atoms with Gasteiger partial charge in [0.25, 0.3) is 0 Å². The third-order valence-corrected chi connectivity index (χ3v) is 2.20. The van der Waals surface area contributed by atoms with Gasteiger partial charge in [-0.2, -0.15) is 5.26 Å². The Balaban J connectivity index is 2.05. The average Bonchev–Trinajstić information content (AvgIpc) is 2.37.